The van der Waals surface area contributed by atoms with Crippen molar-refractivity contribution in [2.24, 2.45) is 4.99 Å². The molecule has 0 radical (unpaired) electrons. The highest BCUT2D eigenvalue weighted by Crippen LogP contribution is 2.19. The van der Waals surface area contributed by atoms with E-state index in [0.29, 0.717) is 25.6 Å². The maximum atomic E-state index is 12.2. The van der Waals surface area contributed by atoms with Crippen LogP contribution < -0.4 is 20.7 Å². The van der Waals surface area contributed by atoms with Crippen LogP contribution in [0.2, 0.25) is 0 Å². The van der Waals surface area contributed by atoms with Gasteiger partial charge in [0.05, 0.1) is 0 Å². The molecule has 0 aliphatic rings. The van der Waals surface area contributed by atoms with Crippen LogP contribution >= 0.6 is 24.0 Å². The van der Waals surface area contributed by atoms with Gasteiger partial charge in [0.2, 0.25) is 0 Å². The maximum absolute atomic E-state index is 12.2. The fourth-order valence-corrected chi connectivity index (χ4v) is 1.98. The van der Waals surface area contributed by atoms with E-state index < -0.39 is 24.5 Å². The first-order valence-corrected chi connectivity index (χ1v) is 8.68. The molecule has 0 fully saturated rings. The van der Waals surface area contributed by atoms with Crippen LogP contribution in [0, 0.1) is 0 Å². The highest BCUT2D eigenvalue weighted by molar-refractivity contribution is 14.0. The molecule has 0 saturated heterocycles. The molecule has 0 unspecified atom stereocenters. The Morgan fingerprint density at radius 1 is 1.10 bits per heavy atom. The Kier molecular flexibility index (Phi) is 11.8. The van der Waals surface area contributed by atoms with Gasteiger partial charge in [-0.2, -0.15) is 13.2 Å². The Balaban J connectivity index is 0.00000784. The van der Waals surface area contributed by atoms with Gasteiger partial charge in [-0.15, -0.1) is 24.0 Å². The number of guanidine groups is 1. The van der Waals surface area contributed by atoms with E-state index in [9.17, 15) is 18.0 Å². The van der Waals surface area contributed by atoms with E-state index >= 15 is 0 Å². The lowest BCUT2D eigenvalue weighted by atomic mass is 10.2. The van der Waals surface area contributed by atoms with E-state index in [4.69, 9.17) is 9.47 Å². The second-order valence-corrected chi connectivity index (χ2v) is 6.83. The molecule has 0 spiro atoms. The van der Waals surface area contributed by atoms with Gasteiger partial charge >= 0.3 is 12.3 Å². The topological polar surface area (TPSA) is 84.0 Å². The van der Waals surface area contributed by atoms with Gasteiger partial charge < -0.3 is 25.4 Å². The number of alkyl carbamates (subject to hydrolysis) is 1. The molecule has 29 heavy (non-hydrogen) atoms. The number of nitrogens with one attached hydrogen (secondary N) is 3. The van der Waals surface area contributed by atoms with Crippen LogP contribution in [0.4, 0.5) is 18.0 Å². The van der Waals surface area contributed by atoms with Crippen molar-refractivity contribution < 1.29 is 27.4 Å². The molecule has 0 heterocycles. The standard InChI is InChI=1S/C18H27F3N4O3.HI/c1-17(2,3)28-16(26)24-9-8-23-15(22-4)25-11-13-6-5-7-14(10-13)27-12-18(19,20)21;/h5-7,10H,8-9,11-12H2,1-4H3,(H,24,26)(H2,22,23,25);1H. The van der Waals surface area contributed by atoms with Crippen molar-refractivity contribution in [1.29, 1.82) is 0 Å². The molecule has 11 heteroatoms. The predicted molar refractivity (Wildman–Crippen MR) is 116 cm³/mol. The molecule has 0 atom stereocenters. The number of rotatable bonds is 7. The number of hydrogen-bond acceptors (Lipinski definition) is 4. The maximum Gasteiger partial charge on any atom is 0.422 e. The first-order valence-electron chi connectivity index (χ1n) is 8.68. The number of carbonyl (C=O) groups excluding carboxylic acids is 1. The zero-order chi connectivity index (χ0) is 21.2. The van der Waals surface area contributed by atoms with Crippen molar-refractivity contribution >= 4 is 36.0 Å². The van der Waals surface area contributed by atoms with Crippen LogP contribution in [0.1, 0.15) is 26.3 Å². The average Bonchev–Trinajstić information content (AvgIpc) is 2.57. The molecule has 3 N–H and O–H groups in total. The molecule has 1 rings (SSSR count). The minimum atomic E-state index is -4.38. The number of halogens is 4. The van der Waals surface area contributed by atoms with E-state index in [1.807, 2.05) is 0 Å². The lowest BCUT2D eigenvalue weighted by molar-refractivity contribution is -0.153. The molecule has 0 aliphatic heterocycles. The Bertz CT molecular complexity index is 664. The Labute approximate surface area is 185 Å². The van der Waals surface area contributed by atoms with Crippen molar-refractivity contribution in [2.75, 3.05) is 26.7 Å². The summed E-state index contributed by atoms with van der Waals surface area (Å²) >= 11 is 0. The van der Waals surface area contributed by atoms with E-state index in [1.165, 1.54) is 12.1 Å². The highest BCUT2D eigenvalue weighted by atomic mass is 127. The SMILES string of the molecule is CN=C(NCCNC(=O)OC(C)(C)C)NCc1cccc(OCC(F)(F)F)c1.I. The van der Waals surface area contributed by atoms with E-state index in [0.717, 1.165) is 5.56 Å². The molecule has 1 amide bonds. The quantitative estimate of drug-likeness (QED) is 0.217. The van der Waals surface area contributed by atoms with Crippen LogP contribution in [-0.2, 0) is 11.3 Å². The lowest BCUT2D eigenvalue weighted by Crippen LogP contribution is -2.42. The van der Waals surface area contributed by atoms with Crippen LogP contribution in [0.25, 0.3) is 0 Å². The number of alkyl halides is 3. The number of ether oxygens (including phenoxy) is 2. The van der Waals surface area contributed by atoms with Crippen LogP contribution in [0.5, 0.6) is 5.75 Å². The van der Waals surface area contributed by atoms with E-state index in [-0.39, 0.29) is 29.7 Å². The summed E-state index contributed by atoms with van der Waals surface area (Å²) in [5.74, 6) is 0.619. The van der Waals surface area contributed by atoms with Gasteiger partial charge in [-0.05, 0) is 38.5 Å². The zero-order valence-corrected chi connectivity index (χ0v) is 19.2. The summed E-state index contributed by atoms with van der Waals surface area (Å²) < 4.78 is 46.5. The predicted octanol–water partition coefficient (Wildman–Crippen LogP) is 3.44. The van der Waals surface area contributed by atoms with Crippen molar-refractivity contribution in [1.82, 2.24) is 16.0 Å². The van der Waals surface area contributed by atoms with Gasteiger partial charge in [0.1, 0.15) is 11.4 Å². The monoisotopic (exact) mass is 532 g/mol. The van der Waals surface area contributed by atoms with Crippen molar-refractivity contribution in [3.8, 4) is 5.75 Å². The van der Waals surface area contributed by atoms with Crippen LogP contribution in [0.3, 0.4) is 0 Å². The number of amides is 1. The van der Waals surface area contributed by atoms with Gasteiger partial charge in [0, 0.05) is 26.7 Å². The molecule has 0 saturated carbocycles. The Morgan fingerprint density at radius 2 is 1.76 bits per heavy atom. The summed E-state index contributed by atoms with van der Waals surface area (Å²) in [6.45, 7) is 5.07. The Morgan fingerprint density at radius 3 is 2.34 bits per heavy atom. The second kappa shape index (κ2) is 12.6. The summed E-state index contributed by atoms with van der Waals surface area (Å²) in [6, 6.07) is 6.36. The molecule has 7 nitrogen and oxygen atoms in total. The van der Waals surface area contributed by atoms with Crippen molar-refractivity contribution in [3.05, 3.63) is 29.8 Å². The molecular formula is C18H28F3IN4O3. The number of carbonyl (C=O) groups is 1. The van der Waals surface area contributed by atoms with Gasteiger partial charge in [0.25, 0.3) is 0 Å². The minimum absolute atomic E-state index is 0. The van der Waals surface area contributed by atoms with Crippen molar-refractivity contribution in [3.63, 3.8) is 0 Å². The summed E-state index contributed by atoms with van der Waals surface area (Å²) in [4.78, 5) is 15.6. The largest absolute Gasteiger partial charge is 0.484 e. The van der Waals surface area contributed by atoms with Crippen LogP contribution in [-0.4, -0.2) is 50.6 Å². The summed E-state index contributed by atoms with van der Waals surface area (Å²) in [5, 5.41) is 8.65. The van der Waals surface area contributed by atoms with E-state index in [2.05, 4.69) is 20.9 Å². The highest BCUT2D eigenvalue weighted by Gasteiger charge is 2.28. The zero-order valence-electron chi connectivity index (χ0n) is 16.9. The summed E-state index contributed by atoms with van der Waals surface area (Å²) in [6.07, 6.45) is -4.89. The molecule has 0 aromatic heterocycles. The second-order valence-electron chi connectivity index (χ2n) is 6.83. The fourth-order valence-electron chi connectivity index (χ4n) is 1.98. The van der Waals surface area contributed by atoms with Gasteiger partial charge in [-0.25, -0.2) is 4.79 Å². The molecule has 0 bridgehead atoms. The number of aliphatic imine (C=N–C) groups is 1. The first-order chi connectivity index (χ1) is 13.0. The third-order valence-electron chi connectivity index (χ3n) is 3.07. The minimum Gasteiger partial charge on any atom is -0.484 e. The average molecular weight is 532 g/mol. The van der Waals surface area contributed by atoms with Crippen molar-refractivity contribution in [2.45, 2.75) is 39.1 Å². The molecule has 0 aliphatic carbocycles. The molecule has 1 aromatic carbocycles. The van der Waals surface area contributed by atoms with Crippen LogP contribution in [0.15, 0.2) is 29.3 Å². The molecule has 166 valence electrons. The summed E-state index contributed by atoms with van der Waals surface area (Å²) in [7, 11) is 1.58. The normalized spacial score (nSPS) is 11.9. The first kappa shape index (κ1) is 27.1. The Hall–Kier alpha value is -1.92. The fraction of sp³-hybridized carbons (Fsp3) is 0.556. The number of nitrogens with zero attached hydrogens (tertiary/aromatic N) is 1. The third kappa shape index (κ3) is 13.8. The van der Waals surface area contributed by atoms with E-state index in [1.54, 1.807) is 40.0 Å². The third-order valence-corrected chi connectivity index (χ3v) is 3.07. The lowest BCUT2D eigenvalue weighted by Gasteiger charge is -2.20. The van der Waals surface area contributed by atoms with Gasteiger partial charge in [-0.3, -0.25) is 4.99 Å². The smallest absolute Gasteiger partial charge is 0.422 e. The van der Waals surface area contributed by atoms with Gasteiger partial charge in [-0.1, -0.05) is 12.1 Å². The number of hydrogen-bond donors (Lipinski definition) is 3. The number of benzene rings is 1. The summed E-state index contributed by atoms with van der Waals surface area (Å²) in [5.41, 5.74) is 0.169. The molecular weight excluding hydrogens is 504 g/mol. The van der Waals surface area contributed by atoms with Gasteiger partial charge in [0.15, 0.2) is 12.6 Å². The molecule has 1 aromatic rings.